The summed E-state index contributed by atoms with van der Waals surface area (Å²) in [7, 11) is 3.32. The molecular weight excluding hydrogens is 366 g/mol. The van der Waals surface area contributed by atoms with Crippen molar-refractivity contribution in [3.8, 4) is 11.5 Å². The van der Waals surface area contributed by atoms with Crippen LogP contribution in [-0.2, 0) is 13.0 Å². The van der Waals surface area contributed by atoms with E-state index in [2.05, 4.69) is 22.9 Å². The molecule has 0 spiro atoms. The third-order valence-corrected chi connectivity index (χ3v) is 5.98. The molecule has 6 heteroatoms. The SMILES string of the molecule is COc1cc2c(cc1OC)CN(c1cc(C(=O)N3CCCC(C)C3)ccn1)CC2. The molecule has 3 heterocycles. The van der Waals surface area contributed by atoms with Gasteiger partial charge in [-0.1, -0.05) is 6.92 Å². The summed E-state index contributed by atoms with van der Waals surface area (Å²) >= 11 is 0. The maximum atomic E-state index is 13.0. The fraction of sp³-hybridized carbons (Fsp3) is 0.478. The van der Waals surface area contributed by atoms with Crippen LogP contribution >= 0.6 is 0 Å². The smallest absolute Gasteiger partial charge is 0.254 e. The monoisotopic (exact) mass is 395 g/mol. The molecule has 2 aliphatic rings. The zero-order valence-corrected chi connectivity index (χ0v) is 17.5. The number of carbonyl (C=O) groups excluding carboxylic acids is 1. The van der Waals surface area contributed by atoms with Crippen LogP contribution in [0.2, 0.25) is 0 Å². The summed E-state index contributed by atoms with van der Waals surface area (Å²) in [5, 5.41) is 0. The molecule has 1 aromatic carbocycles. The van der Waals surface area contributed by atoms with Gasteiger partial charge in [-0.2, -0.15) is 0 Å². The zero-order valence-electron chi connectivity index (χ0n) is 17.5. The molecule has 2 aromatic rings. The van der Waals surface area contributed by atoms with Gasteiger partial charge < -0.3 is 19.3 Å². The van der Waals surface area contributed by atoms with E-state index in [0.717, 1.165) is 61.9 Å². The van der Waals surface area contributed by atoms with E-state index in [4.69, 9.17) is 9.47 Å². The molecule has 1 fully saturated rings. The minimum Gasteiger partial charge on any atom is -0.493 e. The summed E-state index contributed by atoms with van der Waals surface area (Å²) in [6, 6.07) is 7.88. The maximum Gasteiger partial charge on any atom is 0.254 e. The summed E-state index contributed by atoms with van der Waals surface area (Å²) in [5.41, 5.74) is 3.20. The lowest BCUT2D eigenvalue weighted by Crippen LogP contribution is -2.39. The normalized spacial score (nSPS) is 18.9. The van der Waals surface area contributed by atoms with Gasteiger partial charge in [0.2, 0.25) is 0 Å². The van der Waals surface area contributed by atoms with Gasteiger partial charge in [0.1, 0.15) is 5.82 Å². The number of rotatable bonds is 4. The topological polar surface area (TPSA) is 54.9 Å². The number of ether oxygens (including phenoxy) is 2. The van der Waals surface area contributed by atoms with Crippen molar-refractivity contribution in [3.05, 3.63) is 47.2 Å². The van der Waals surface area contributed by atoms with Gasteiger partial charge in [0.25, 0.3) is 5.91 Å². The Morgan fingerprint density at radius 1 is 1.10 bits per heavy atom. The van der Waals surface area contributed by atoms with Crippen LogP contribution in [0.1, 0.15) is 41.3 Å². The molecule has 2 aliphatic heterocycles. The van der Waals surface area contributed by atoms with Gasteiger partial charge in [0.05, 0.1) is 14.2 Å². The number of anilines is 1. The van der Waals surface area contributed by atoms with E-state index in [0.29, 0.717) is 5.92 Å². The van der Waals surface area contributed by atoms with E-state index in [-0.39, 0.29) is 5.91 Å². The Labute approximate surface area is 172 Å². The van der Waals surface area contributed by atoms with Gasteiger partial charge in [-0.3, -0.25) is 4.79 Å². The maximum absolute atomic E-state index is 13.0. The second-order valence-corrected chi connectivity index (χ2v) is 8.05. The summed E-state index contributed by atoms with van der Waals surface area (Å²) in [6.07, 6.45) is 4.94. The molecule has 154 valence electrons. The minimum atomic E-state index is 0.115. The Hall–Kier alpha value is -2.76. The predicted molar refractivity (Wildman–Crippen MR) is 113 cm³/mol. The van der Waals surface area contributed by atoms with Crippen LogP contribution in [0, 0.1) is 5.92 Å². The number of nitrogens with zero attached hydrogens (tertiary/aromatic N) is 3. The van der Waals surface area contributed by atoms with Crippen molar-refractivity contribution >= 4 is 11.7 Å². The predicted octanol–water partition coefficient (Wildman–Crippen LogP) is 3.53. The highest BCUT2D eigenvalue weighted by Crippen LogP contribution is 2.34. The molecular formula is C23H29N3O3. The van der Waals surface area contributed by atoms with E-state index < -0.39 is 0 Å². The molecule has 29 heavy (non-hydrogen) atoms. The highest BCUT2D eigenvalue weighted by Gasteiger charge is 2.24. The van der Waals surface area contributed by atoms with Gasteiger partial charge in [-0.15, -0.1) is 0 Å². The average Bonchev–Trinajstić information content (AvgIpc) is 2.77. The molecule has 4 rings (SSSR count). The highest BCUT2D eigenvalue weighted by atomic mass is 16.5. The lowest BCUT2D eigenvalue weighted by atomic mass is 9.98. The van der Waals surface area contributed by atoms with E-state index in [1.165, 1.54) is 17.5 Å². The molecule has 0 bridgehead atoms. The van der Waals surface area contributed by atoms with Crippen LogP contribution in [0.25, 0.3) is 0 Å². The molecule has 0 radical (unpaired) electrons. The first kappa shape index (κ1) is 19.6. The molecule has 6 nitrogen and oxygen atoms in total. The lowest BCUT2D eigenvalue weighted by Gasteiger charge is -2.32. The Morgan fingerprint density at radius 2 is 1.86 bits per heavy atom. The molecule has 0 N–H and O–H groups in total. The van der Waals surface area contributed by atoms with E-state index >= 15 is 0 Å². The Kier molecular flexibility index (Phi) is 5.60. The number of piperidine rings is 1. The van der Waals surface area contributed by atoms with Gasteiger partial charge in [0.15, 0.2) is 11.5 Å². The number of fused-ring (bicyclic) bond motifs is 1. The fourth-order valence-corrected chi connectivity index (χ4v) is 4.36. The molecule has 1 atom stereocenters. The Morgan fingerprint density at radius 3 is 2.59 bits per heavy atom. The number of carbonyl (C=O) groups is 1. The third-order valence-electron chi connectivity index (χ3n) is 5.98. The number of aromatic nitrogens is 1. The minimum absolute atomic E-state index is 0.115. The number of pyridine rings is 1. The van der Waals surface area contributed by atoms with Crippen molar-refractivity contribution in [2.45, 2.75) is 32.7 Å². The van der Waals surface area contributed by atoms with Crippen molar-refractivity contribution in [1.82, 2.24) is 9.88 Å². The van der Waals surface area contributed by atoms with Crippen molar-refractivity contribution in [2.75, 3.05) is 38.8 Å². The quantitative estimate of drug-likeness (QED) is 0.793. The number of amides is 1. The fourth-order valence-electron chi connectivity index (χ4n) is 4.36. The largest absolute Gasteiger partial charge is 0.493 e. The molecule has 1 unspecified atom stereocenters. The van der Waals surface area contributed by atoms with Crippen LogP contribution in [-0.4, -0.2) is 49.6 Å². The Bertz CT molecular complexity index is 899. The second kappa shape index (κ2) is 8.31. The van der Waals surface area contributed by atoms with Crippen LogP contribution < -0.4 is 14.4 Å². The number of benzene rings is 1. The van der Waals surface area contributed by atoms with Crippen molar-refractivity contribution in [3.63, 3.8) is 0 Å². The standard InChI is InChI=1S/C23H29N3O3/c1-16-5-4-9-26(14-16)23(27)18-6-8-24-22(13-18)25-10-7-17-11-20(28-2)21(29-3)12-19(17)15-25/h6,8,11-13,16H,4-5,7,9-10,14-15H2,1-3H3. The van der Waals surface area contributed by atoms with E-state index in [1.54, 1.807) is 20.4 Å². The summed E-state index contributed by atoms with van der Waals surface area (Å²) in [6.45, 7) is 5.50. The first-order valence-electron chi connectivity index (χ1n) is 10.3. The number of likely N-dealkylation sites (tertiary alicyclic amines) is 1. The molecule has 1 aromatic heterocycles. The highest BCUT2D eigenvalue weighted by molar-refractivity contribution is 5.95. The summed E-state index contributed by atoms with van der Waals surface area (Å²) in [4.78, 5) is 21.7. The van der Waals surface area contributed by atoms with E-state index in [1.807, 2.05) is 23.1 Å². The third kappa shape index (κ3) is 4.02. The first-order valence-corrected chi connectivity index (χ1v) is 10.3. The van der Waals surface area contributed by atoms with Crippen LogP contribution in [0.3, 0.4) is 0 Å². The van der Waals surface area contributed by atoms with Crippen molar-refractivity contribution in [1.29, 1.82) is 0 Å². The van der Waals surface area contributed by atoms with Crippen LogP contribution in [0.15, 0.2) is 30.5 Å². The van der Waals surface area contributed by atoms with Crippen LogP contribution in [0.5, 0.6) is 11.5 Å². The second-order valence-electron chi connectivity index (χ2n) is 8.05. The lowest BCUT2D eigenvalue weighted by molar-refractivity contribution is 0.0683. The zero-order chi connectivity index (χ0) is 20.4. The van der Waals surface area contributed by atoms with Gasteiger partial charge >= 0.3 is 0 Å². The molecule has 1 saturated heterocycles. The summed E-state index contributed by atoms with van der Waals surface area (Å²) < 4.78 is 10.9. The van der Waals surface area contributed by atoms with Crippen molar-refractivity contribution in [2.24, 2.45) is 5.92 Å². The van der Waals surface area contributed by atoms with Crippen molar-refractivity contribution < 1.29 is 14.3 Å². The van der Waals surface area contributed by atoms with Crippen LogP contribution in [0.4, 0.5) is 5.82 Å². The number of hydrogen-bond acceptors (Lipinski definition) is 5. The van der Waals surface area contributed by atoms with Gasteiger partial charge in [0, 0.05) is 37.9 Å². The number of methoxy groups -OCH3 is 2. The molecule has 0 saturated carbocycles. The van der Waals surface area contributed by atoms with Gasteiger partial charge in [-0.25, -0.2) is 4.98 Å². The number of hydrogen-bond donors (Lipinski definition) is 0. The molecule has 0 aliphatic carbocycles. The molecule has 1 amide bonds. The summed E-state index contributed by atoms with van der Waals surface area (Å²) in [5.74, 6) is 3.04. The first-order chi connectivity index (χ1) is 14.1. The van der Waals surface area contributed by atoms with Gasteiger partial charge in [-0.05, 0) is 60.6 Å². The van der Waals surface area contributed by atoms with E-state index in [9.17, 15) is 4.79 Å². The Balaban J connectivity index is 1.54. The average molecular weight is 396 g/mol.